The van der Waals surface area contributed by atoms with E-state index in [9.17, 15) is 23.3 Å². The molecule has 0 aliphatic heterocycles. The number of nitro groups is 1. The van der Waals surface area contributed by atoms with Crippen LogP contribution < -0.4 is 15.8 Å². The van der Waals surface area contributed by atoms with E-state index in [0.717, 1.165) is 24.3 Å². The fraction of sp³-hybridized carbons (Fsp3) is 0.364. The molecule has 0 atom stereocenters. The standard InChI is InChI=1S/C11H16N4O5S.ClH/c12-6-8-13-11(16)5-7-14-21(19,20)10-3-1-9(2-4-10)15(17)18;/h1-4,14H,5-8,12H2,(H,13,16);1H. The van der Waals surface area contributed by atoms with Crippen molar-refractivity contribution < 1.29 is 18.1 Å². The predicted molar refractivity (Wildman–Crippen MR) is 82.2 cm³/mol. The zero-order chi connectivity index (χ0) is 15.9. The van der Waals surface area contributed by atoms with Crippen LogP contribution in [0.3, 0.4) is 0 Å². The molecule has 0 unspecified atom stereocenters. The van der Waals surface area contributed by atoms with Gasteiger partial charge in [0.2, 0.25) is 15.9 Å². The first-order valence-electron chi connectivity index (χ1n) is 6.07. The number of non-ortho nitro benzene ring substituents is 1. The fourth-order valence-electron chi connectivity index (χ4n) is 1.43. The maximum atomic E-state index is 11.9. The number of nitrogens with zero attached hydrogens (tertiary/aromatic N) is 1. The largest absolute Gasteiger partial charge is 0.355 e. The average Bonchev–Trinajstić information content (AvgIpc) is 2.45. The number of halogens is 1. The molecule has 124 valence electrons. The van der Waals surface area contributed by atoms with Gasteiger partial charge in [-0.1, -0.05) is 0 Å². The van der Waals surface area contributed by atoms with E-state index < -0.39 is 14.9 Å². The first kappa shape index (κ1) is 20.2. The van der Waals surface area contributed by atoms with Crippen molar-refractivity contribution in [1.82, 2.24) is 10.0 Å². The Bertz CT molecular complexity index is 605. The molecule has 0 spiro atoms. The van der Waals surface area contributed by atoms with Gasteiger partial charge < -0.3 is 11.1 Å². The summed E-state index contributed by atoms with van der Waals surface area (Å²) >= 11 is 0. The summed E-state index contributed by atoms with van der Waals surface area (Å²) in [7, 11) is -3.80. The van der Waals surface area contributed by atoms with Crippen LogP contribution in [0.25, 0.3) is 0 Å². The van der Waals surface area contributed by atoms with Crippen LogP contribution in [0.1, 0.15) is 6.42 Å². The molecule has 1 aromatic rings. The highest BCUT2D eigenvalue weighted by Crippen LogP contribution is 2.15. The molecule has 0 bridgehead atoms. The molecule has 4 N–H and O–H groups in total. The lowest BCUT2D eigenvalue weighted by molar-refractivity contribution is -0.384. The smallest absolute Gasteiger partial charge is 0.269 e. The Balaban J connectivity index is 0.00000441. The van der Waals surface area contributed by atoms with Crippen molar-refractivity contribution in [3.8, 4) is 0 Å². The molecule has 0 saturated carbocycles. The average molecular weight is 353 g/mol. The van der Waals surface area contributed by atoms with Crippen molar-refractivity contribution in [2.45, 2.75) is 11.3 Å². The quantitative estimate of drug-likeness (QED) is 0.435. The normalized spacial score (nSPS) is 10.6. The van der Waals surface area contributed by atoms with Crippen LogP contribution in [0.2, 0.25) is 0 Å². The Labute approximate surface area is 133 Å². The van der Waals surface area contributed by atoms with Gasteiger partial charge in [-0.05, 0) is 12.1 Å². The van der Waals surface area contributed by atoms with Crippen molar-refractivity contribution in [2.24, 2.45) is 5.73 Å². The Hall–Kier alpha value is -1.75. The first-order chi connectivity index (χ1) is 9.86. The molecule has 1 aromatic carbocycles. The lowest BCUT2D eigenvalue weighted by Crippen LogP contribution is -2.33. The topological polar surface area (TPSA) is 144 Å². The zero-order valence-corrected chi connectivity index (χ0v) is 13.2. The van der Waals surface area contributed by atoms with E-state index in [4.69, 9.17) is 5.73 Å². The fourth-order valence-corrected chi connectivity index (χ4v) is 2.46. The van der Waals surface area contributed by atoms with Gasteiger partial charge >= 0.3 is 0 Å². The van der Waals surface area contributed by atoms with E-state index in [1.165, 1.54) is 0 Å². The molecule has 0 fully saturated rings. The number of carbonyl (C=O) groups excluding carboxylic acids is 1. The maximum Gasteiger partial charge on any atom is 0.269 e. The van der Waals surface area contributed by atoms with E-state index in [1.807, 2.05) is 0 Å². The third-order valence-electron chi connectivity index (χ3n) is 2.47. The Morgan fingerprint density at radius 3 is 2.32 bits per heavy atom. The first-order valence-corrected chi connectivity index (χ1v) is 7.56. The number of nitrogens with two attached hydrogens (primary N) is 1. The van der Waals surface area contributed by atoms with Crippen LogP contribution in [0, 0.1) is 10.1 Å². The number of nitro benzene ring substituents is 1. The third kappa shape index (κ3) is 6.35. The Kier molecular flexibility index (Phi) is 8.56. The number of carbonyl (C=O) groups is 1. The highest BCUT2D eigenvalue weighted by atomic mass is 35.5. The molecule has 0 aromatic heterocycles. The number of nitrogens with one attached hydrogen (secondary N) is 2. The number of hydrogen-bond donors (Lipinski definition) is 3. The molecule has 0 saturated heterocycles. The van der Waals surface area contributed by atoms with Crippen molar-refractivity contribution in [3.63, 3.8) is 0 Å². The van der Waals surface area contributed by atoms with Crippen LogP contribution in [-0.2, 0) is 14.8 Å². The van der Waals surface area contributed by atoms with E-state index >= 15 is 0 Å². The molecule has 0 aliphatic rings. The van der Waals surface area contributed by atoms with Gasteiger partial charge in [0.05, 0.1) is 9.82 Å². The summed E-state index contributed by atoms with van der Waals surface area (Å²) < 4.78 is 26.0. The van der Waals surface area contributed by atoms with E-state index in [1.54, 1.807) is 0 Å². The Morgan fingerprint density at radius 2 is 1.82 bits per heavy atom. The highest BCUT2D eigenvalue weighted by Gasteiger charge is 2.15. The molecule has 0 heterocycles. The molecule has 22 heavy (non-hydrogen) atoms. The van der Waals surface area contributed by atoms with Gasteiger partial charge in [-0.2, -0.15) is 0 Å². The summed E-state index contributed by atoms with van der Waals surface area (Å²) in [5.74, 6) is -0.313. The number of benzene rings is 1. The van der Waals surface area contributed by atoms with Gasteiger partial charge in [-0.15, -0.1) is 12.4 Å². The van der Waals surface area contributed by atoms with Crippen LogP contribution in [-0.4, -0.2) is 38.9 Å². The van der Waals surface area contributed by atoms with Crippen LogP contribution in [0.5, 0.6) is 0 Å². The summed E-state index contributed by atoms with van der Waals surface area (Å²) in [6.07, 6.45) is -0.0216. The van der Waals surface area contributed by atoms with Crippen molar-refractivity contribution in [2.75, 3.05) is 19.6 Å². The zero-order valence-electron chi connectivity index (χ0n) is 11.5. The highest BCUT2D eigenvalue weighted by molar-refractivity contribution is 7.89. The van der Waals surface area contributed by atoms with E-state index in [0.29, 0.717) is 13.1 Å². The molecule has 1 rings (SSSR count). The molecular weight excluding hydrogens is 336 g/mol. The molecule has 0 radical (unpaired) electrons. The van der Waals surface area contributed by atoms with Crippen LogP contribution in [0.15, 0.2) is 29.2 Å². The number of rotatable bonds is 8. The summed E-state index contributed by atoms with van der Waals surface area (Å²) in [5, 5.41) is 13.0. The molecular formula is C11H17ClN4O5S. The maximum absolute atomic E-state index is 11.9. The number of sulfonamides is 1. The van der Waals surface area contributed by atoms with Gasteiger partial charge in [0.15, 0.2) is 0 Å². The molecule has 0 aliphatic carbocycles. The summed E-state index contributed by atoms with van der Waals surface area (Å²) in [4.78, 5) is 21.0. The second-order valence-electron chi connectivity index (χ2n) is 4.04. The third-order valence-corrected chi connectivity index (χ3v) is 3.95. The second kappa shape index (κ2) is 9.30. The van der Waals surface area contributed by atoms with Gasteiger partial charge in [0, 0.05) is 38.2 Å². The van der Waals surface area contributed by atoms with E-state index in [2.05, 4.69) is 10.0 Å². The lowest BCUT2D eigenvalue weighted by atomic mass is 10.3. The lowest BCUT2D eigenvalue weighted by Gasteiger charge is -2.07. The molecule has 11 heteroatoms. The van der Waals surface area contributed by atoms with Gasteiger partial charge in [-0.25, -0.2) is 13.1 Å². The monoisotopic (exact) mass is 352 g/mol. The summed E-state index contributed by atoms with van der Waals surface area (Å²) in [5.41, 5.74) is 5.01. The summed E-state index contributed by atoms with van der Waals surface area (Å²) in [6.45, 7) is 0.559. The second-order valence-corrected chi connectivity index (χ2v) is 5.80. The van der Waals surface area contributed by atoms with Crippen molar-refractivity contribution in [1.29, 1.82) is 0 Å². The predicted octanol–water partition coefficient (Wildman–Crippen LogP) is -0.240. The van der Waals surface area contributed by atoms with Gasteiger partial charge in [0.25, 0.3) is 5.69 Å². The van der Waals surface area contributed by atoms with Crippen LogP contribution in [0.4, 0.5) is 5.69 Å². The number of hydrogen-bond acceptors (Lipinski definition) is 6. The summed E-state index contributed by atoms with van der Waals surface area (Å²) in [6, 6.07) is 4.47. The van der Waals surface area contributed by atoms with Crippen molar-refractivity contribution in [3.05, 3.63) is 34.4 Å². The molecule has 9 nitrogen and oxygen atoms in total. The Morgan fingerprint density at radius 1 is 1.23 bits per heavy atom. The minimum absolute atomic E-state index is 0. The van der Waals surface area contributed by atoms with Gasteiger partial charge in [0.1, 0.15) is 0 Å². The molecule has 1 amide bonds. The SMILES string of the molecule is Cl.NCCNC(=O)CCNS(=O)(=O)c1ccc([N+](=O)[O-])cc1. The van der Waals surface area contributed by atoms with Crippen molar-refractivity contribution >= 4 is 34.0 Å². The van der Waals surface area contributed by atoms with Gasteiger partial charge in [-0.3, -0.25) is 14.9 Å². The van der Waals surface area contributed by atoms with Crippen LogP contribution >= 0.6 is 12.4 Å². The van der Waals surface area contributed by atoms with E-state index in [-0.39, 0.29) is 41.9 Å². The number of amides is 1. The minimum atomic E-state index is -3.80. The minimum Gasteiger partial charge on any atom is -0.355 e.